The van der Waals surface area contributed by atoms with Crippen LogP contribution in [0.15, 0.2) is 22.7 Å². The normalized spacial score (nSPS) is 13.0. The number of para-hydroxylation sites is 1. The molecule has 5 nitrogen and oxygen atoms in total. The van der Waals surface area contributed by atoms with Crippen molar-refractivity contribution in [2.24, 2.45) is 0 Å². The minimum absolute atomic E-state index is 0.248. The number of alkyl halides is 1. The quantitative estimate of drug-likeness (QED) is 0.692. The Morgan fingerprint density at radius 3 is 2.80 bits per heavy atom. The third-order valence-corrected chi connectivity index (χ3v) is 3.47. The Bertz CT molecular complexity index is 763. The van der Waals surface area contributed by atoms with Crippen LogP contribution in [0.4, 0.5) is 0 Å². The van der Waals surface area contributed by atoms with Crippen LogP contribution < -0.4 is 0 Å². The molecule has 2 aromatic heterocycles. The monoisotopic (exact) mass is 310 g/mol. The number of hydrogen-bond acceptors (Lipinski definition) is 4. The molecule has 0 aliphatic carbocycles. The predicted molar refractivity (Wildman–Crippen MR) is 77.1 cm³/mol. The summed E-state index contributed by atoms with van der Waals surface area (Å²) in [5.41, 5.74) is 1.63. The fourth-order valence-electron chi connectivity index (χ4n) is 2.16. The van der Waals surface area contributed by atoms with Gasteiger partial charge in [0.2, 0.25) is 5.89 Å². The molecular formula is C13H12Cl2N4O. The first kappa shape index (κ1) is 13.4. The smallest absolute Gasteiger partial charge is 0.246 e. The van der Waals surface area contributed by atoms with Gasteiger partial charge in [-0.25, -0.2) is 4.98 Å². The van der Waals surface area contributed by atoms with Crippen molar-refractivity contribution in [3.8, 4) is 0 Å². The Kier molecular flexibility index (Phi) is 3.40. The molecule has 104 valence electrons. The van der Waals surface area contributed by atoms with Crippen LogP contribution in [0.2, 0.25) is 5.02 Å². The summed E-state index contributed by atoms with van der Waals surface area (Å²) in [6.45, 7) is 4.04. The number of fused-ring (bicyclic) bond motifs is 1. The van der Waals surface area contributed by atoms with Gasteiger partial charge in [-0.3, -0.25) is 0 Å². The van der Waals surface area contributed by atoms with Crippen LogP contribution in [0.1, 0.15) is 29.8 Å². The van der Waals surface area contributed by atoms with Gasteiger partial charge in [0, 0.05) is 0 Å². The van der Waals surface area contributed by atoms with Crippen molar-refractivity contribution in [1.29, 1.82) is 0 Å². The number of halogens is 2. The van der Waals surface area contributed by atoms with Crippen LogP contribution in [0.5, 0.6) is 0 Å². The number of aromatic nitrogens is 4. The van der Waals surface area contributed by atoms with Crippen LogP contribution in [-0.2, 0) is 6.54 Å². The molecule has 0 aliphatic heterocycles. The van der Waals surface area contributed by atoms with E-state index in [-0.39, 0.29) is 5.38 Å². The van der Waals surface area contributed by atoms with Crippen LogP contribution in [0, 0.1) is 6.92 Å². The number of hydrogen-bond donors (Lipinski definition) is 0. The van der Waals surface area contributed by atoms with Gasteiger partial charge in [0.05, 0.1) is 21.4 Å². The first-order valence-electron chi connectivity index (χ1n) is 6.14. The van der Waals surface area contributed by atoms with Gasteiger partial charge in [-0.15, -0.1) is 11.6 Å². The summed E-state index contributed by atoms with van der Waals surface area (Å²) in [7, 11) is 0. The van der Waals surface area contributed by atoms with E-state index in [0.29, 0.717) is 23.3 Å². The third kappa shape index (κ3) is 2.27. The van der Waals surface area contributed by atoms with Gasteiger partial charge in [0.1, 0.15) is 12.4 Å². The fraction of sp³-hybridized carbons (Fsp3) is 0.308. The molecule has 0 N–H and O–H groups in total. The molecule has 3 aromatic rings. The van der Waals surface area contributed by atoms with Crippen LogP contribution in [-0.4, -0.2) is 19.7 Å². The molecule has 20 heavy (non-hydrogen) atoms. The fourth-order valence-corrected chi connectivity index (χ4v) is 2.60. The molecule has 0 radical (unpaired) electrons. The van der Waals surface area contributed by atoms with Crippen molar-refractivity contribution in [2.75, 3.05) is 0 Å². The molecule has 0 saturated carbocycles. The minimum Gasteiger partial charge on any atom is -0.337 e. The maximum atomic E-state index is 6.28. The first-order valence-corrected chi connectivity index (χ1v) is 6.95. The lowest BCUT2D eigenvalue weighted by molar-refractivity contribution is 0.367. The van der Waals surface area contributed by atoms with E-state index >= 15 is 0 Å². The molecule has 0 fully saturated rings. The van der Waals surface area contributed by atoms with Crippen molar-refractivity contribution >= 4 is 34.2 Å². The Morgan fingerprint density at radius 1 is 1.35 bits per heavy atom. The zero-order valence-corrected chi connectivity index (χ0v) is 12.5. The van der Waals surface area contributed by atoms with E-state index in [9.17, 15) is 0 Å². The second kappa shape index (κ2) is 5.07. The topological polar surface area (TPSA) is 56.7 Å². The molecule has 1 aromatic carbocycles. The largest absolute Gasteiger partial charge is 0.337 e. The lowest BCUT2D eigenvalue weighted by atomic mass is 10.3. The summed E-state index contributed by atoms with van der Waals surface area (Å²) in [5.74, 6) is 1.82. The highest BCUT2D eigenvalue weighted by Gasteiger charge is 2.18. The SMILES string of the molecule is Cc1noc(Cn2c(C(C)Cl)nc3cccc(Cl)c32)n1. The average Bonchev–Trinajstić information content (AvgIpc) is 2.95. The van der Waals surface area contributed by atoms with Crippen molar-refractivity contribution in [2.45, 2.75) is 25.8 Å². The second-order valence-electron chi connectivity index (χ2n) is 4.52. The molecule has 7 heteroatoms. The van der Waals surface area contributed by atoms with Gasteiger partial charge in [-0.2, -0.15) is 4.98 Å². The highest BCUT2D eigenvalue weighted by Crippen LogP contribution is 2.29. The van der Waals surface area contributed by atoms with Crippen molar-refractivity contribution in [3.05, 3.63) is 40.8 Å². The van der Waals surface area contributed by atoms with Crippen molar-refractivity contribution in [3.63, 3.8) is 0 Å². The van der Waals surface area contributed by atoms with Gasteiger partial charge in [0.25, 0.3) is 0 Å². The Balaban J connectivity index is 2.18. The summed E-state index contributed by atoms with van der Waals surface area (Å²) >= 11 is 12.5. The molecule has 1 unspecified atom stereocenters. The highest BCUT2D eigenvalue weighted by molar-refractivity contribution is 6.35. The Hall–Kier alpha value is -1.59. The van der Waals surface area contributed by atoms with Gasteiger partial charge in [-0.1, -0.05) is 22.8 Å². The van der Waals surface area contributed by atoms with Gasteiger partial charge in [-0.05, 0) is 26.0 Å². The van der Waals surface area contributed by atoms with E-state index < -0.39 is 0 Å². The summed E-state index contributed by atoms with van der Waals surface area (Å²) in [5, 5.41) is 4.16. The number of imidazole rings is 1. The maximum absolute atomic E-state index is 6.28. The third-order valence-electron chi connectivity index (χ3n) is 2.97. The summed E-state index contributed by atoms with van der Waals surface area (Å²) < 4.78 is 7.08. The molecule has 0 saturated heterocycles. The number of nitrogens with zero attached hydrogens (tertiary/aromatic N) is 4. The lowest BCUT2D eigenvalue weighted by Crippen LogP contribution is -2.06. The van der Waals surface area contributed by atoms with E-state index in [1.165, 1.54) is 0 Å². The Labute approximate surface area is 125 Å². The summed E-state index contributed by atoms with van der Waals surface area (Å²) in [6, 6.07) is 5.59. The van der Waals surface area contributed by atoms with E-state index in [4.69, 9.17) is 27.7 Å². The van der Waals surface area contributed by atoms with Crippen LogP contribution in [0.25, 0.3) is 11.0 Å². The van der Waals surface area contributed by atoms with Gasteiger partial charge < -0.3 is 9.09 Å². The maximum Gasteiger partial charge on any atom is 0.246 e. The Morgan fingerprint density at radius 2 is 2.15 bits per heavy atom. The molecule has 2 heterocycles. The second-order valence-corrected chi connectivity index (χ2v) is 5.58. The zero-order valence-electron chi connectivity index (χ0n) is 11.0. The summed E-state index contributed by atoms with van der Waals surface area (Å²) in [6.07, 6.45) is 0. The van der Waals surface area contributed by atoms with Crippen LogP contribution >= 0.6 is 23.2 Å². The van der Waals surface area contributed by atoms with Gasteiger partial charge >= 0.3 is 0 Å². The number of rotatable bonds is 3. The van der Waals surface area contributed by atoms with E-state index in [1.54, 1.807) is 6.92 Å². The first-order chi connectivity index (χ1) is 9.56. The molecule has 3 rings (SSSR count). The highest BCUT2D eigenvalue weighted by atomic mass is 35.5. The molecular weight excluding hydrogens is 299 g/mol. The van der Waals surface area contributed by atoms with Crippen molar-refractivity contribution in [1.82, 2.24) is 19.7 Å². The minimum atomic E-state index is -0.248. The van der Waals surface area contributed by atoms with E-state index in [1.807, 2.05) is 29.7 Å². The lowest BCUT2D eigenvalue weighted by Gasteiger charge is -2.08. The van der Waals surface area contributed by atoms with Crippen LogP contribution in [0.3, 0.4) is 0 Å². The number of aryl methyl sites for hydroxylation is 1. The molecule has 0 spiro atoms. The average molecular weight is 311 g/mol. The van der Waals surface area contributed by atoms with E-state index in [2.05, 4.69) is 15.1 Å². The molecule has 0 amide bonds. The van der Waals surface area contributed by atoms with Gasteiger partial charge in [0.15, 0.2) is 5.82 Å². The molecule has 0 bridgehead atoms. The number of benzene rings is 1. The summed E-state index contributed by atoms with van der Waals surface area (Å²) in [4.78, 5) is 8.74. The van der Waals surface area contributed by atoms with E-state index in [0.717, 1.165) is 16.9 Å². The standard InChI is InChI=1S/C13H12Cl2N4O/c1-7(14)13-17-10-5-3-4-9(15)12(10)19(13)6-11-16-8(2)18-20-11/h3-5,7H,6H2,1-2H3. The zero-order chi connectivity index (χ0) is 14.3. The molecule has 1 atom stereocenters. The van der Waals surface area contributed by atoms with Crippen molar-refractivity contribution < 1.29 is 4.52 Å². The molecule has 0 aliphatic rings. The predicted octanol–water partition coefficient (Wildman–Crippen LogP) is 3.73.